The standard InChI is InChI=1S/C23H42N6O.HI/c1-5-20(6-2)21(27-12-14-30-15-13-27)16-26-23(25-7-3)28-10-8-19(4)22(17-28)29-11-9-24-18-29;/h9,11,18-22H,5-8,10,12-17H2,1-4H3,(H,25,26);1H. The summed E-state index contributed by atoms with van der Waals surface area (Å²) in [6, 6.07) is 0.935. The third kappa shape index (κ3) is 7.05. The second-order valence-electron chi connectivity index (χ2n) is 8.78. The highest BCUT2D eigenvalue weighted by Crippen LogP contribution is 2.27. The highest BCUT2D eigenvalue weighted by atomic mass is 127. The fraction of sp³-hybridized carbons (Fsp3) is 0.826. The molecule has 8 heteroatoms. The number of ether oxygens (including phenoxy) is 1. The SMILES string of the molecule is CCNC(=NCC(C(CC)CC)N1CCOCC1)N1CCC(C)C(n2ccnc2)C1.I. The minimum atomic E-state index is 0. The topological polar surface area (TPSA) is 57.9 Å². The van der Waals surface area contributed by atoms with Crippen molar-refractivity contribution >= 4 is 29.9 Å². The molecular weight excluding hydrogens is 503 g/mol. The Balaban J connectivity index is 0.00000341. The summed E-state index contributed by atoms with van der Waals surface area (Å²) in [5, 5.41) is 3.57. The molecule has 0 radical (unpaired) electrons. The Morgan fingerprint density at radius 3 is 2.55 bits per heavy atom. The average Bonchev–Trinajstić information content (AvgIpc) is 3.31. The molecule has 1 N–H and O–H groups in total. The summed E-state index contributed by atoms with van der Waals surface area (Å²) in [6.07, 6.45) is 9.51. The lowest BCUT2D eigenvalue weighted by Crippen LogP contribution is -2.51. The Morgan fingerprint density at radius 1 is 1.19 bits per heavy atom. The van der Waals surface area contributed by atoms with Gasteiger partial charge in [0.25, 0.3) is 0 Å². The molecule has 2 aliphatic rings. The molecule has 178 valence electrons. The van der Waals surface area contributed by atoms with Crippen molar-refractivity contribution in [1.82, 2.24) is 24.7 Å². The zero-order valence-electron chi connectivity index (χ0n) is 19.9. The number of morpholine rings is 1. The monoisotopic (exact) mass is 546 g/mol. The van der Waals surface area contributed by atoms with Crippen molar-refractivity contribution < 1.29 is 4.74 Å². The molecule has 3 unspecified atom stereocenters. The summed E-state index contributed by atoms with van der Waals surface area (Å²) in [5.41, 5.74) is 0. The number of imidazole rings is 1. The fourth-order valence-corrected chi connectivity index (χ4v) is 5.01. The van der Waals surface area contributed by atoms with Crippen molar-refractivity contribution in [2.24, 2.45) is 16.8 Å². The van der Waals surface area contributed by atoms with Crippen LogP contribution in [0.25, 0.3) is 0 Å². The van der Waals surface area contributed by atoms with Crippen molar-refractivity contribution in [2.75, 3.05) is 52.5 Å². The second-order valence-corrected chi connectivity index (χ2v) is 8.78. The van der Waals surface area contributed by atoms with Crippen molar-refractivity contribution in [3.05, 3.63) is 18.7 Å². The summed E-state index contributed by atoms with van der Waals surface area (Å²) in [4.78, 5) is 14.5. The molecule has 3 atom stereocenters. The van der Waals surface area contributed by atoms with Crippen LogP contribution < -0.4 is 5.32 Å². The van der Waals surface area contributed by atoms with Crippen LogP contribution in [0.4, 0.5) is 0 Å². The predicted octanol–water partition coefficient (Wildman–Crippen LogP) is 3.49. The molecule has 0 aromatic carbocycles. The number of aliphatic imine (C=N–C) groups is 1. The van der Waals surface area contributed by atoms with E-state index in [0.717, 1.165) is 58.4 Å². The van der Waals surface area contributed by atoms with Gasteiger partial charge in [0.05, 0.1) is 32.1 Å². The van der Waals surface area contributed by atoms with E-state index in [1.807, 2.05) is 12.5 Å². The summed E-state index contributed by atoms with van der Waals surface area (Å²) >= 11 is 0. The van der Waals surface area contributed by atoms with Gasteiger partial charge in [-0.3, -0.25) is 9.89 Å². The van der Waals surface area contributed by atoms with Gasteiger partial charge in [-0.05, 0) is 25.2 Å². The van der Waals surface area contributed by atoms with Gasteiger partial charge in [0.15, 0.2) is 5.96 Å². The number of guanidine groups is 1. The first-order chi connectivity index (χ1) is 14.7. The van der Waals surface area contributed by atoms with Gasteiger partial charge in [0.2, 0.25) is 0 Å². The molecule has 0 spiro atoms. The molecule has 0 bridgehead atoms. The minimum absolute atomic E-state index is 0. The number of nitrogens with one attached hydrogen (secondary N) is 1. The number of halogens is 1. The van der Waals surface area contributed by atoms with Crippen molar-refractivity contribution in [2.45, 2.75) is 59.0 Å². The molecule has 2 saturated heterocycles. The van der Waals surface area contributed by atoms with Gasteiger partial charge in [0, 0.05) is 51.2 Å². The zero-order valence-corrected chi connectivity index (χ0v) is 22.2. The molecule has 0 saturated carbocycles. The Kier molecular flexibility index (Phi) is 11.6. The molecule has 0 aliphatic carbocycles. The maximum atomic E-state index is 5.61. The maximum absolute atomic E-state index is 5.61. The van der Waals surface area contributed by atoms with Gasteiger partial charge >= 0.3 is 0 Å². The first-order valence-corrected chi connectivity index (χ1v) is 12.0. The number of rotatable bonds is 8. The Hall–Kier alpha value is -0.870. The summed E-state index contributed by atoms with van der Waals surface area (Å²) in [7, 11) is 0. The Labute approximate surface area is 206 Å². The van der Waals surface area contributed by atoms with Crippen LogP contribution in [0.1, 0.15) is 53.0 Å². The van der Waals surface area contributed by atoms with Crippen LogP contribution in [-0.2, 0) is 4.74 Å². The third-order valence-electron chi connectivity index (χ3n) is 7.00. The molecule has 31 heavy (non-hydrogen) atoms. The van der Waals surface area contributed by atoms with Crippen LogP contribution >= 0.6 is 24.0 Å². The lowest BCUT2D eigenvalue weighted by atomic mass is 9.92. The van der Waals surface area contributed by atoms with Crippen LogP contribution in [0.2, 0.25) is 0 Å². The van der Waals surface area contributed by atoms with E-state index < -0.39 is 0 Å². The highest BCUT2D eigenvalue weighted by molar-refractivity contribution is 14.0. The number of nitrogens with zero attached hydrogens (tertiary/aromatic N) is 5. The van der Waals surface area contributed by atoms with E-state index >= 15 is 0 Å². The first-order valence-electron chi connectivity index (χ1n) is 12.0. The largest absolute Gasteiger partial charge is 0.379 e. The Morgan fingerprint density at radius 2 is 1.94 bits per heavy atom. The van der Waals surface area contributed by atoms with Crippen molar-refractivity contribution in [3.63, 3.8) is 0 Å². The maximum Gasteiger partial charge on any atom is 0.194 e. The summed E-state index contributed by atoms with van der Waals surface area (Å²) in [6.45, 7) is 16.7. The van der Waals surface area contributed by atoms with Crippen molar-refractivity contribution in [1.29, 1.82) is 0 Å². The van der Waals surface area contributed by atoms with Gasteiger partial charge in [-0.25, -0.2) is 4.98 Å². The smallest absolute Gasteiger partial charge is 0.194 e. The molecule has 3 rings (SSSR count). The van der Waals surface area contributed by atoms with Crippen LogP contribution in [0.3, 0.4) is 0 Å². The molecule has 0 amide bonds. The number of hydrogen-bond donors (Lipinski definition) is 1. The number of likely N-dealkylation sites (tertiary alicyclic amines) is 1. The van der Waals surface area contributed by atoms with Crippen LogP contribution in [0.15, 0.2) is 23.7 Å². The van der Waals surface area contributed by atoms with Crippen molar-refractivity contribution in [3.8, 4) is 0 Å². The lowest BCUT2D eigenvalue weighted by Gasteiger charge is -2.40. The lowest BCUT2D eigenvalue weighted by molar-refractivity contribution is 0.00388. The van der Waals surface area contributed by atoms with Gasteiger partial charge in [0.1, 0.15) is 0 Å². The number of hydrogen-bond acceptors (Lipinski definition) is 4. The van der Waals surface area contributed by atoms with Gasteiger partial charge in [-0.1, -0.05) is 33.6 Å². The van der Waals surface area contributed by atoms with Gasteiger partial charge in [-0.15, -0.1) is 24.0 Å². The average molecular weight is 547 g/mol. The normalized spacial score (nSPS) is 24.2. The van der Waals surface area contributed by atoms with Crippen LogP contribution in [-0.4, -0.2) is 83.8 Å². The van der Waals surface area contributed by atoms with E-state index in [9.17, 15) is 0 Å². The zero-order chi connectivity index (χ0) is 21.3. The molecular formula is C23H43IN6O. The first kappa shape index (κ1) is 26.4. The number of aromatic nitrogens is 2. The minimum Gasteiger partial charge on any atom is -0.379 e. The molecule has 7 nitrogen and oxygen atoms in total. The molecule has 2 fully saturated rings. The van der Waals surface area contributed by atoms with Gasteiger partial charge < -0.3 is 19.5 Å². The van der Waals surface area contributed by atoms with E-state index in [1.54, 1.807) is 0 Å². The van der Waals surface area contributed by atoms with Gasteiger partial charge in [-0.2, -0.15) is 0 Å². The van der Waals surface area contributed by atoms with E-state index in [-0.39, 0.29) is 24.0 Å². The summed E-state index contributed by atoms with van der Waals surface area (Å²) < 4.78 is 7.87. The van der Waals surface area contributed by atoms with E-state index in [1.165, 1.54) is 19.3 Å². The summed E-state index contributed by atoms with van der Waals surface area (Å²) in [5.74, 6) is 2.39. The van der Waals surface area contributed by atoms with E-state index in [0.29, 0.717) is 23.9 Å². The molecule has 3 heterocycles. The molecule has 1 aromatic heterocycles. The fourth-order valence-electron chi connectivity index (χ4n) is 5.01. The van der Waals surface area contributed by atoms with Crippen LogP contribution in [0, 0.1) is 11.8 Å². The van der Waals surface area contributed by atoms with Crippen LogP contribution in [0.5, 0.6) is 0 Å². The Bertz CT molecular complexity index is 630. The molecule has 1 aromatic rings. The number of piperidine rings is 1. The molecule has 2 aliphatic heterocycles. The predicted molar refractivity (Wildman–Crippen MR) is 138 cm³/mol. The quantitative estimate of drug-likeness (QED) is 0.308. The highest BCUT2D eigenvalue weighted by Gasteiger charge is 2.30. The van der Waals surface area contributed by atoms with E-state index in [2.05, 4.69) is 58.6 Å². The van der Waals surface area contributed by atoms with E-state index in [4.69, 9.17) is 9.73 Å². The second kappa shape index (κ2) is 13.6. The third-order valence-corrected chi connectivity index (χ3v) is 7.00.